The number of fused-ring (bicyclic) bond motifs is 1. The molecule has 0 unspecified atom stereocenters. The number of ether oxygens (including phenoxy) is 1. The number of hydrogen-bond acceptors (Lipinski definition) is 6. The second-order valence-electron chi connectivity index (χ2n) is 9.09. The second kappa shape index (κ2) is 10.2. The molecule has 0 fully saturated rings. The quantitative estimate of drug-likeness (QED) is 0.233. The Hall–Kier alpha value is -4.18. The number of rotatable bonds is 6. The first-order valence-electron chi connectivity index (χ1n) is 11.9. The van der Waals surface area contributed by atoms with E-state index in [1.807, 2.05) is 32.0 Å². The molecule has 1 aromatic carbocycles. The lowest BCUT2D eigenvalue weighted by atomic mass is 10.0. The van der Waals surface area contributed by atoms with E-state index in [1.165, 1.54) is 12.3 Å². The molecule has 4 aromatic heterocycles. The predicted octanol–water partition coefficient (Wildman–Crippen LogP) is 6.67. The van der Waals surface area contributed by atoms with Crippen LogP contribution in [-0.2, 0) is 19.3 Å². The van der Waals surface area contributed by atoms with Crippen LogP contribution >= 0.6 is 11.6 Å². The summed E-state index contributed by atoms with van der Waals surface area (Å²) < 4.78 is 52.2. The highest BCUT2D eigenvalue weighted by atomic mass is 35.5. The van der Waals surface area contributed by atoms with E-state index in [0.29, 0.717) is 33.2 Å². The normalized spacial score (nSPS) is 11.8. The van der Waals surface area contributed by atoms with Crippen molar-refractivity contribution >= 4 is 22.5 Å². The topological polar surface area (TPSA) is 83.0 Å². The number of alkyl halides is 3. The van der Waals surface area contributed by atoms with E-state index in [4.69, 9.17) is 20.9 Å². The van der Waals surface area contributed by atoms with Crippen molar-refractivity contribution in [3.8, 4) is 16.9 Å². The molecular formula is C28H22ClF3N4O3. The number of pyridine rings is 3. The molecule has 0 amide bonds. The van der Waals surface area contributed by atoms with Crippen LogP contribution < -0.4 is 10.3 Å². The van der Waals surface area contributed by atoms with Gasteiger partial charge in [0.1, 0.15) is 29.7 Å². The van der Waals surface area contributed by atoms with Crippen LogP contribution in [0.5, 0.6) is 5.75 Å². The summed E-state index contributed by atoms with van der Waals surface area (Å²) in [5.41, 5.74) is 2.74. The van der Waals surface area contributed by atoms with Gasteiger partial charge in [0.05, 0.1) is 23.0 Å². The average molecular weight is 555 g/mol. The first-order valence-corrected chi connectivity index (χ1v) is 12.3. The number of aromatic nitrogens is 4. The molecule has 0 aliphatic carbocycles. The first-order chi connectivity index (χ1) is 18.5. The minimum Gasteiger partial charge on any atom is -0.486 e. The Morgan fingerprint density at radius 2 is 1.79 bits per heavy atom. The average Bonchev–Trinajstić information content (AvgIpc) is 3.29. The van der Waals surface area contributed by atoms with Crippen LogP contribution in [0, 0.1) is 20.8 Å². The van der Waals surface area contributed by atoms with Gasteiger partial charge in [-0.1, -0.05) is 28.9 Å². The first kappa shape index (κ1) is 26.4. The van der Waals surface area contributed by atoms with Gasteiger partial charge in [0.2, 0.25) is 0 Å². The minimum atomic E-state index is -4.77. The zero-order valence-corrected chi connectivity index (χ0v) is 21.9. The van der Waals surface area contributed by atoms with Crippen molar-refractivity contribution in [2.24, 2.45) is 0 Å². The van der Waals surface area contributed by atoms with Gasteiger partial charge in [-0.2, -0.15) is 13.2 Å². The smallest absolute Gasteiger partial charge is 0.421 e. The van der Waals surface area contributed by atoms with Crippen LogP contribution in [0.1, 0.15) is 33.9 Å². The zero-order valence-electron chi connectivity index (χ0n) is 21.1. The molecule has 5 rings (SSSR count). The van der Waals surface area contributed by atoms with Gasteiger partial charge in [0.15, 0.2) is 0 Å². The molecule has 11 heteroatoms. The molecule has 0 aliphatic rings. The monoisotopic (exact) mass is 554 g/mol. The maximum atomic E-state index is 13.3. The minimum absolute atomic E-state index is 0.0501. The molecule has 200 valence electrons. The molecule has 4 heterocycles. The Kier molecular flexibility index (Phi) is 6.90. The SMILES string of the molecule is Cc1cc(Cl)c(COc2cccc3c(-c4conc4C)cc(C)nc23)c(Cn2cccc(C(F)(F)F)c2=O)n1. The van der Waals surface area contributed by atoms with Gasteiger partial charge in [-0.15, -0.1) is 0 Å². The Morgan fingerprint density at radius 1 is 1.03 bits per heavy atom. The van der Waals surface area contributed by atoms with Gasteiger partial charge >= 0.3 is 6.18 Å². The van der Waals surface area contributed by atoms with Gasteiger partial charge in [-0.05, 0) is 56.7 Å². The van der Waals surface area contributed by atoms with Crippen molar-refractivity contribution in [3.63, 3.8) is 0 Å². The fraction of sp³-hybridized carbons (Fsp3) is 0.214. The molecule has 0 spiro atoms. The summed E-state index contributed by atoms with van der Waals surface area (Å²) in [6, 6.07) is 11.0. The van der Waals surface area contributed by atoms with Gasteiger partial charge in [0.25, 0.3) is 5.56 Å². The Morgan fingerprint density at radius 3 is 2.51 bits per heavy atom. The van der Waals surface area contributed by atoms with E-state index in [2.05, 4.69) is 15.1 Å². The summed E-state index contributed by atoms with van der Waals surface area (Å²) in [7, 11) is 0. The third kappa shape index (κ3) is 5.24. The van der Waals surface area contributed by atoms with Crippen molar-refractivity contribution in [2.45, 2.75) is 40.1 Å². The maximum Gasteiger partial charge on any atom is 0.421 e. The van der Waals surface area contributed by atoms with Crippen molar-refractivity contribution in [1.82, 2.24) is 19.7 Å². The molecule has 0 N–H and O–H groups in total. The van der Waals surface area contributed by atoms with Crippen LogP contribution in [0.3, 0.4) is 0 Å². The maximum absolute atomic E-state index is 13.3. The molecule has 5 aromatic rings. The number of nitrogens with zero attached hydrogens (tertiary/aromatic N) is 4. The molecular weight excluding hydrogens is 533 g/mol. The second-order valence-corrected chi connectivity index (χ2v) is 9.50. The van der Waals surface area contributed by atoms with Gasteiger partial charge in [-0.25, -0.2) is 4.98 Å². The van der Waals surface area contributed by atoms with Crippen LogP contribution in [0.4, 0.5) is 13.2 Å². The van der Waals surface area contributed by atoms with E-state index in [0.717, 1.165) is 38.5 Å². The van der Waals surface area contributed by atoms with Gasteiger partial charge in [0, 0.05) is 34.1 Å². The standard InChI is InChI=1S/C28H22ClF3N4O3/c1-15-10-19(20-14-39-35-17(20)3)18-6-4-8-25(26(18)34-15)38-13-21-23(29)11-16(2)33-24(21)12-36-9-5-7-22(27(36)37)28(30,31)32/h4-11,14H,12-13H2,1-3H3. The van der Waals surface area contributed by atoms with Crippen molar-refractivity contribution in [3.05, 3.63) is 104 Å². The predicted molar refractivity (Wildman–Crippen MR) is 140 cm³/mol. The van der Waals surface area contributed by atoms with E-state index in [1.54, 1.807) is 25.3 Å². The largest absolute Gasteiger partial charge is 0.486 e. The summed E-state index contributed by atoms with van der Waals surface area (Å²) in [5.74, 6) is 0.477. The Balaban J connectivity index is 1.52. The number of hydrogen-bond donors (Lipinski definition) is 0. The van der Waals surface area contributed by atoms with Crippen molar-refractivity contribution in [1.29, 1.82) is 0 Å². The third-order valence-electron chi connectivity index (χ3n) is 6.27. The zero-order chi connectivity index (χ0) is 27.9. The highest BCUT2D eigenvalue weighted by Gasteiger charge is 2.34. The lowest BCUT2D eigenvalue weighted by Gasteiger charge is -2.16. The molecule has 7 nitrogen and oxygen atoms in total. The fourth-order valence-electron chi connectivity index (χ4n) is 4.43. The van der Waals surface area contributed by atoms with E-state index >= 15 is 0 Å². The number of para-hydroxylation sites is 1. The summed E-state index contributed by atoms with van der Waals surface area (Å²) in [4.78, 5) is 21.7. The summed E-state index contributed by atoms with van der Waals surface area (Å²) in [6.07, 6.45) is -1.91. The van der Waals surface area contributed by atoms with Gasteiger partial charge < -0.3 is 13.8 Å². The van der Waals surface area contributed by atoms with E-state index in [-0.39, 0.29) is 13.2 Å². The number of halogens is 4. The summed E-state index contributed by atoms with van der Waals surface area (Å²) in [6.45, 7) is 5.16. The Labute approximate surface area is 225 Å². The molecule has 0 saturated carbocycles. The number of benzene rings is 1. The number of aryl methyl sites for hydroxylation is 3. The van der Waals surface area contributed by atoms with E-state index in [9.17, 15) is 18.0 Å². The fourth-order valence-corrected chi connectivity index (χ4v) is 4.75. The highest BCUT2D eigenvalue weighted by molar-refractivity contribution is 6.31. The van der Waals surface area contributed by atoms with Crippen LogP contribution in [0.25, 0.3) is 22.0 Å². The Bertz CT molecular complexity index is 1760. The van der Waals surface area contributed by atoms with Crippen LogP contribution in [0.2, 0.25) is 5.02 Å². The highest BCUT2D eigenvalue weighted by Crippen LogP contribution is 2.35. The van der Waals surface area contributed by atoms with E-state index < -0.39 is 17.3 Å². The summed E-state index contributed by atoms with van der Waals surface area (Å²) >= 11 is 6.54. The lowest BCUT2D eigenvalue weighted by Crippen LogP contribution is -2.29. The third-order valence-corrected chi connectivity index (χ3v) is 6.61. The van der Waals surface area contributed by atoms with Crippen LogP contribution in [0.15, 0.2) is 64.2 Å². The molecule has 0 atom stereocenters. The van der Waals surface area contributed by atoms with Crippen molar-refractivity contribution in [2.75, 3.05) is 0 Å². The van der Waals surface area contributed by atoms with Crippen molar-refractivity contribution < 1.29 is 22.4 Å². The molecule has 0 saturated heterocycles. The molecule has 0 bridgehead atoms. The van der Waals surface area contributed by atoms with Gasteiger partial charge in [-0.3, -0.25) is 9.78 Å². The summed E-state index contributed by atoms with van der Waals surface area (Å²) in [5, 5.41) is 5.13. The molecule has 0 aliphatic heterocycles. The van der Waals surface area contributed by atoms with Crippen LogP contribution in [-0.4, -0.2) is 19.7 Å². The molecule has 39 heavy (non-hydrogen) atoms. The lowest BCUT2D eigenvalue weighted by molar-refractivity contribution is -0.138. The molecule has 0 radical (unpaired) electrons.